The molecule has 0 saturated carbocycles. The summed E-state index contributed by atoms with van der Waals surface area (Å²) in [5.41, 5.74) is 10.7. The Hall–Kier alpha value is -12.5. The average Bonchev–Trinajstić information content (AvgIpc) is 0.932. The fourth-order valence-corrected chi connectivity index (χ4v) is 14.1. The fraction of sp³-hybridized carbons (Fsp3) is 0.226. The highest BCUT2D eigenvalue weighted by Crippen LogP contribution is 2.32. The van der Waals surface area contributed by atoms with E-state index in [4.69, 9.17) is 0 Å². The van der Waals surface area contributed by atoms with Gasteiger partial charge in [0.05, 0.1) is 0 Å². The van der Waals surface area contributed by atoms with E-state index in [1.165, 1.54) is 174 Å². The van der Waals surface area contributed by atoms with Crippen molar-refractivity contribution in [2.75, 3.05) is 0 Å². The van der Waals surface area contributed by atoms with Gasteiger partial charge in [-0.05, 0) is 243 Å². The lowest BCUT2D eigenvalue weighted by Crippen LogP contribution is -1.81. The van der Waals surface area contributed by atoms with Gasteiger partial charge >= 0.3 is 0 Å². The van der Waals surface area contributed by atoms with Crippen molar-refractivity contribution in [1.82, 2.24) is 0 Å². The summed E-state index contributed by atoms with van der Waals surface area (Å²) in [6.45, 7) is 57.2. The van der Waals surface area contributed by atoms with Crippen molar-refractivity contribution < 1.29 is 0 Å². The molecule has 0 atom stereocenters. The fourth-order valence-electron chi connectivity index (χ4n) is 14.1. The average molecular weight is 1640 g/mol. The molecule has 20 rings (SSSR count). The molecular formula is C124H148. The molecule has 20 aromatic carbocycles. The van der Waals surface area contributed by atoms with Gasteiger partial charge in [0, 0.05) is 0 Å². The van der Waals surface area contributed by atoms with Gasteiger partial charge < -0.3 is 0 Å². The smallest absolute Gasteiger partial charge is 0.0103 e. The molecule has 0 unspecified atom stereocenters. The van der Waals surface area contributed by atoms with Gasteiger partial charge in [0.1, 0.15) is 0 Å². The number of hydrogen-bond donors (Lipinski definition) is 0. The maximum atomic E-state index is 2.28. The van der Waals surface area contributed by atoms with E-state index in [1.54, 1.807) is 0 Å². The van der Waals surface area contributed by atoms with E-state index in [0.717, 1.165) is 0 Å². The van der Waals surface area contributed by atoms with Crippen molar-refractivity contribution >= 4 is 129 Å². The second-order valence-corrected chi connectivity index (χ2v) is 27.2. The van der Waals surface area contributed by atoms with Gasteiger partial charge in [0.25, 0.3) is 0 Å². The molecule has 0 heteroatoms. The number of hydrogen-bond acceptors (Lipinski definition) is 0. The Labute approximate surface area is 750 Å². The Balaban J connectivity index is 0.000000357. The molecule has 0 heterocycles. The molecule has 0 aliphatic heterocycles. The number of rotatable bonds is 0. The summed E-state index contributed by atoms with van der Waals surface area (Å²) in [6, 6.07) is 137. The van der Waals surface area contributed by atoms with Gasteiger partial charge in [0.2, 0.25) is 0 Å². The number of benzene rings is 20. The van der Waals surface area contributed by atoms with E-state index in [0.29, 0.717) is 0 Å². The molecule has 0 bridgehead atoms. The van der Waals surface area contributed by atoms with Gasteiger partial charge in [-0.2, -0.15) is 0 Å². The minimum absolute atomic E-state index is 1.32. The largest absolute Gasteiger partial charge is 0.0683 e. The maximum Gasteiger partial charge on any atom is -0.0103 e. The highest BCUT2D eigenvalue weighted by Gasteiger charge is 2.06. The standard InChI is InChI=1S/5C15H12.2C11H10.C7H8.10C2H6/c1-11-14-8-4-2-6-12(14)10-13-7-3-5-9-15(11)13;1-11-10-12-6-2-3-8-14(12)15-9-5-4-7-13(11)15;2*1-11-5-4-8-14-9-12-6-2-3-7-13(12)10-15(11)14;1-11-6-7-13-9-8-12-4-2-3-5-14(12)15(13)10-11;1-9-5-4-7-10-6-2-3-8-11(9)10;1-9-6-7-10-4-2-3-5-11(10)8-9;1-7-5-3-2-4-6-7;10*1-2/h5*2-10H,1H3;2*2-8H,1H3;2-6H,1H3;10*1-2H3. The second kappa shape index (κ2) is 60.9. The van der Waals surface area contributed by atoms with Crippen LogP contribution in [0.2, 0.25) is 0 Å². The molecule has 20 aromatic rings. The molecule has 0 aliphatic carbocycles. The number of aryl methyl sites for hydroxylation is 8. The van der Waals surface area contributed by atoms with Crippen LogP contribution in [-0.2, 0) is 0 Å². The normalized spacial score (nSPS) is 9.45. The predicted molar refractivity (Wildman–Crippen MR) is 573 cm³/mol. The molecule has 0 N–H and O–H groups in total. The van der Waals surface area contributed by atoms with Crippen molar-refractivity contribution in [3.63, 3.8) is 0 Å². The van der Waals surface area contributed by atoms with E-state index in [1.807, 2.05) is 157 Å². The van der Waals surface area contributed by atoms with Gasteiger partial charge in [-0.15, -0.1) is 0 Å². The third kappa shape index (κ3) is 31.1. The third-order valence-electron chi connectivity index (χ3n) is 19.7. The first-order chi connectivity index (χ1) is 60.9. The first-order valence-electron chi connectivity index (χ1n) is 46.2. The summed E-state index contributed by atoms with van der Waals surface area (Å²) in [4.78, 5) is 0. The lowest BCUT2D eigenvalue weighted by atomic mass is 9.98. The van der Waals surface area contributed by atoms with E-state index in [-0.39, 0.29) is 0 Å². The quantitative estimate of drug-likeness (QED) is 0.105. The van der Waals surface area contributed by atoms with Crippen LogP contribution >= 0.6 is 0 Å². The van der Waals surface area contributed by atoms with Crippen LogP contribution in [0, 0.1) is 55.4 Å². The Morgan fingerprint density at radius 3 is 0.750 bits per heavy atom. The lowest BCUT2D eigenvalue weighted by molar-refractivity contribution is 1.48. The molecule has 0 amide bonds. The number of fused-ring (bicyclic) bond motifs is 14. The van der Waals surface area contributed by atoms with Gasteiger partial charge in [-0.25, -0.2) is 0 Å². The van der Waals surface area contributed by atoms with Crippen LogP contribution in [-0.4, -0.2) is 0 Å². The summed E-state index contributed by atoms with van der Waals surface area (Å²) >= 11 is 0. The van der Waals surface area contributed by atoms with Crippen LogP contribution in [0.1, 0.15) is 183 Å². The first kappa shape index (κ1) is 106. The topological polar surface area (TPSA) is 0 Å². The molecule has 0 nitrogen and oxygen atoms in total. The van der Waals surface area contributed by atoms with E-state index in [9.17, 15) is 0 Å². The van der Waals surface area contributed by atoms with Crippen LogP contribution in [0.25, 0.3) is 129 Å². The molecule has 0 aliphatic rings. The summed E-state index contributed by atoms with van der Waals surface area (Å²) < 4.78 is 0. The monoisotopic (exact) mass is 1640 g/mol. The summed E-state index contributed by atoms with van der Waals surface area (Å²) in [5.74, 6) is 0. The molecule has 644 valence electrons. The Morgan fingerprint density at radius 1 is 0.105 bits per heavy atom. The summed E-state index contributed by atoms with van der Waals surface area (Å²) in [5, 5.41) is 32.1. The molecular weight excluding hydrogens is 1490 g/mol. The van der Waals surface area contributed by atoms with Crippen LogP contribution in [0.4, 0.5) is 0 Å². The molecule has 124 heavy (non-hydrogen) atoms. The summed E-state index contributed by atoms with van der Waals surface area (Å²) in [6.07, 6.45) is 0. The minimum Gasteiger partial charge on any atom is -0.0683 e. The SMILES string of the molecule is CC.CC.CC.CC.CC.CC.CC.CC.CC.CC.Cc1c2ccccc2cc2ccccc12.Cc1cc2ccccc2c2ccccc12.Cc1ccc2ccc3ccccc3c2c1.Cc1ccc2ccccc2c1.Cc1cccc2cc3ccccc3cc12.Cc1cccc2cc3ccccc3cc12.Cc1cccc2ccccc12.Cc1ccccc1. The highest BCUT2D eigenvalue weighted by molar-refractivity contribution is 6.10. The first-order valence-corrected chi connectivity index (χ1v) is 46.2. The van der Waals surface area contributed by atoms with Crippen LogP contribution in [0.5, 0.6) is 0 Å². The summed E-state index contributed by atoms with van der Waals surface area (Å²) in [7, 11) is 0. The highest BCUT2D eigenvalue weighted by atomic mass is 14.1. The predicted octanol–water partition coefficient (Wildman–Crippen LogP) is 40.1. The van der Waals surface area contributed by atoms with Crippen molar-refractivity contribution in [2.45, 2.75) is 194 Å². The zero-order chi connectivity index (χ0) is 91.7. The third-order valence-corrected chi connectivity index (χ3v) is 19.7. The van der Waals surface area contributed by atoms with Crippen molar-refractivity contribution in [3.05, 3.63) is 433 Å². The zero-order valence-electron chi connectivity index (χ0n) is 81.0. The Kier molecular flexibility index (Phi) is 51.9. The molecule has 0 spiro atoms. The lowest BCUT2D eigenvalue weighted by Gasteiger charge is -2.06. The molecule has 0 radical (unpaired) electrons. The van der Waals surface area contributed by atoms with Gasteiger partial charge in [-0.1, -0.05) is 513 Å². The Morgan fingerprint density at radius 2 is 0.347 bits per heavy atom. The van der Waals surface area contributed by atoms with Gasteiger partial charge in [0.15, 0.2) is 0 Å². The van der Waals surface area contributed by atoms with Crippen molar-refractivity contribution in [1.29, 1.82) is 0 Å². The van der Waals surface area contributed by atoms with Gasteiger partial charge in [-0.3, -0.25) is 0 Å². The van der Waals surface area contributed by atoms with E-state index in [2.05, 4.69) is 425 Å². The Bertz CT molecular complexity index is 6080. The maximum absolute atomic E-state index is 2.28. The molecule has 0 saturated heterocycles. The van der Waals surface area contributed by atoms with Crippen LogP contribution in [0.15, 0.2) is 388 Å². The van der Waals surface area contributed by atoms with E-state index < -0.39 is 0 Å². The molecule has 0 aromatic heterocycles. The van der Waals surface area contributed by atoms with Crippen LogP contribution < -0.4 is 0 Å². The van der Waals surface area contributed by atoms with Crippen molar-refractivity contribution in [2.24, 2.45) is 0 Å². The minimum atomic E-state index is 1.32. The molecule has 0 fully saturated rings. The zero-order valence-corrected chi connectivity index (χ0v) is 81.0. The van der Waals surface area contributed by atoms with E-state index >= 15 is 0 Å². The second-order valence-electron chi connectivity index (χ2n) is 27.2. The van der Waals surface area contributed by atoms with Crippen LogP contribution in [0.3, 0.4) is 0 Å². The van der Waals surface area contributed by atoms with Crippen molar-refractivity contribution in [3.8, 4) is 0 Å².